The van der Waals surface area contributed by atoms with E-state index in [2.05, 4.69) is 10.1 Å². The van der Waals surface area contributed by atoms with E-state index in [0.29, 0.717) is 11.3 Å². The molecule has 0 saturated heterocycles. The average molecular weight is 448 g/mol. The number of hydrogen-bond acceptors (Lipinski definition) is 7. The number of para-hydroxylation sites is 1. The normalized spacial score (nSPS) is 10.5. The number of ether oxygens (including phenoxy) is 3. The van der Waals surface area contributed by atoms with Crippen molar-refractivity contribution in [1.82, 2.24) is 0 Å². The molecule has 2 rings (SSSR count). The van der Waals surface area contributed by atoms with Crippen molar-refractivity contribution in [3.63, 3.8) is 0 Å². The SMILES string of the molecule is COc1cc(/C=C/C(=O)OCC(=O)Nc2ccccc2SCC#N)ccc1OC(F)F. The number of alkyl halides is 2. The number of thioether (sulfide) groups is 1. The van der Waals surface area contributed by atoms with Crippen LogP contribution < -0.4 is 14.8 Å². The summed E-state index contributed by atoms with van der Waals surface area (Å²) in [4.78, 5) is 24.6. The van der Waals surface area contributed by atoms with Gasteiger partial charge in [-0.15, -0.1) is 11.8 Å². The van der Waals surface area contributed by atoms with Gasteiger partial charge in [-0.3, -0.25) is 4.79 Å². The van der Waals surface area contributed by atoms with E-state index >= 15 is 0 Å². The number of nitrogens with one attached hydrogen (secondary N) is 1. The van der Waals surface area contributed by atoms with Crippen LogP contribution in [0.15, 0.2) is 53.4 Å². The van der Waals surface area contributed by atoms with E-state index < -0.39 is 25.1 Å². The van der Waals surface area contributed by atoms with Crippen LogP contribution in [-0.2, 0) is 14.3 Å². The summed E-state index contributed by atoms with van der Waals surface area (Å²) in [5.74, 6) is -1.14. The van der Waals surface area contributed by atoms with Gasteiger partial charge < -0.3 is 19.5 Å². The molecule has 31 heavy (non-hydrogen) atoms. The van der Waals surface area contributed by atoms with Crippen molar-refractivity contribution < 1.29 is 32.6 Å². The summed E-state index contributed by atoms with van der Waals surface area (Å²) < 4.78 is 38.9. The van der Waals surface area contributed by atoms with E-state index in [4.69, 9.17) is 14.7 Å². The molecule has 2 aromatic rings. The number of carbonyl (C=O) groups excluding carboxylic acids is 2. The molecular weight excluding hydrogens is 430 g/mol. The third kappa shape index (κ3) is 7.98. The molecule has 0 bridgehead atoms. The van der Waals surface area contributed by atoms with E-state index in [0.717, 1.165) is 11.0 Å². The largest absolute Gasteiger partial charge is 0.493 e. The Morgan fingerprint density at radius 1 is 1.23 bits per heavy atom. The van der Waals surface area contributed by atoms with Gasteiger partial charge in [0.05, 0.1) is 24.6 Å². The number of nitriles is 1. The Morgan fingerprint density at radius 2 is 2.00 bits per heavy atom. The Kier molecular flexibility index (Phi) is 9.32. The van der Waals surface area contributed by atoms with Gasteiger partial charge in [0.2, 0.25) is 0 Å². The number of rotatable bonds is 10. The number of methoxy groups -OCH3 is 1. The highest BCUT2D eigenvalue weighted by Gasteiger charge is 2.11. The highest BCUT2D eigenvalue weighted by Crippen LogP contribution is 2.30. The summed E-state index contributed by atoms with van der Waals surface area (Å²) in [6.45, 7) is -3.50. The van der Waals surface area contributed by atoms with E-state index in [-0.39, 0.29) is 17.3 Å². The molecule has 1 N–H and O–H groups in total. The van der Waals surface area contributed by atoms with Crippen molar-refractivity contribution in [1.29, 1.82) is 5.26 Å². The number of hydrogen-bond donors (Lipinski definition) is 1. The topological polar surface area (TPSA) is 97.6 Å². The minimum atomic E-state index is -2.99. The van der Waals surface area contributed by atoms with Crippen LogP contribution >= 0.6 is 11.8 Å². The van der Waals surface area contributed by atoms with Crippen LogP contribution in [0.2, 0.25) is 0 Å². The molecular formula is C21H18F2N2O5S. The van der Waals surface area contributed by atoms with Gasteiger partial charge in [-0.25, -0.2) is 4.79 Å². The summed E-state index contributed by atoms with van der Waals surface area (Å²) in [7, 11) is 1.30. The zero-order chi connectivity index (χ0) is 22.6. The molecule has 0 aromatic heterocycles. The Bertz CT molecular complexity index is 992. The summed E-state index contributed by atoms with van der Waals surface area (Å²) in [6.07, 6.45) is 2.47. The summed E-state index contributed by atoms with van der Waals surface area (Å²) in [6, 6.07) is 13.1. The van der Waals surface area contributed by atoms with Crippen molar-refractivity contribution in [2.24, 2.45) is 0 Å². The molecule has 2 aromatic carbocycles. The lowest BCUT2D eigenvalue weighted by atomic mass is 10.2. The van der Waals surface area contributed by atoms with Crippen LogP contribution in [-0.4, -0.2) is 38.0 Å². The number of esters is 1. The van der Waals surface area contributed by atoms with Gasteiger partial charge in [0.1, 0.15) is 0 Å². The predicted octanol–water partition coefficient (Wildman–Crippen LogP) is 4.11. The molecule has 0 fully saturated rings. The molecule has 0 atom stereocenters. The molecule has 1 amide bonds. The Hall–Kier alpha value is -3.58. The van der Waals surface area contributed by atoms with Gasteiger partial charge in [0.15, 0.2) is 18.1 Å². The predicted molar refractivity (Wildman–Crippen MR) is 111 cm³/mol. The second-order valence-electron chi connectivity index (χ2n) is 5.72. The Morgan fingerprint density at radius 3 is 2.71 bits per heavy atom. The van der Waals surface area contributed by atoms with Crippen LogP contribution in [0.1, 0.15) is 5.56 Å². The van der Waals surface area contributed by atoms with Crippen LogP contribution in [0.3, 0.4) is 0 Å². The van der Waals surface area contributed by atoms with E-state index in [1.807, 2.05) is 6.07 Å². The van der Waals surface area contributed by atoms with E-state index in [1.165, 1.54) is 43.1 Å². The summed E-state index contributed by atoms with van der Waals surface area (Å²) in [5.41, 5.74) is 0.987. The number of halogens is 2. The molecule has 0 aliphatic heterocycles. The third-order valence-corrected chi connectivity index (χ3v) is 4.55. The molecule has 162 valence electrons. The number of benzene rings is 2. The van der Waals surface area contributed by atoms with Crippen molar-refractivity contribution >= 4 is 35.4 Å². The number of nitrogens with zero attached hydrogens (tertiary/aromatic N) is 1. The van der Waals surface area contributed by atoms with Crippen molar-refractivity contribution in [3.8, 4) is 17.6 Å². The number of carbonyl (C=O) groups is 2. The smallest absolute Gasteiger partial charge is 0.387 e. The zero-order valence-corrected chi connectivity index (χ0v) is 17.2. The van der Waals surface area contributed by atoms with Crippen LogP contribution in [0, 0.1) is 11.3 Å². The van der Waals surface area contributed by atoms with Crippen molar-refractivity contribution in [2.45, 2.75) is 11.5 Å². The summed E-state index contributed by atoms with van der Waals surface area (Å²) >= 11 is 1.27. The van der Waals surface area contributed by atoms with Gasteiger partial charge >= 0.3 is 12.6 Å². The first-order valence-corrected chi connectivity index (χ1v) is 9.77. The molecule has 0 aliphatic rings. The molecule has 0 unspecified atom stereocenters. The first-order valence-electron chi connectivity index (χ1n) is 8.79. The molecule has 10 heteroatoms. The van der Waals surface area contributed by atoms with Gasteiger partial charge in [0, 0.05) is 11.0 Å². The molecule has 0 heterocycles. The lowest BCUT2D eigenvalue weighted by Gasteiger charge is -2.10. The summed E-state index contributed by atoms with van der Waals surface area (Å²) in [5, 5.41) is 11.3. The monoisotopic (exact) mass is 448 g/mol. The molecule has 0 saturated carbocycles. The maximum atomic E-state index is 12.4. The molecule has 0 radical (unpaired) electrons. The second-order valence-corrected chi connectivity index (χ2v) is 6.74. The minimum Gasteiger partial charge on any atom is -0.493 e. The molecule has 0 spiro atoms. The first kappa shape index (κ1) is 23.7. The zero-order valence-electron chi connectivity index (χ0n) is 16.3. The fourth-order valence-electron chi connectivity index (χ4n) is 2.32. The van der Waals surface area contributed by atoms with Crippen LogP contribution in [0.5, 0.6) is 11.5 Å². The maximum absolute atomic E-state index is 12.4. The van der Waals surface area contributed by atoms with E-state index in [9.17, 15) is 18.4 Å². The Labute approximate surface area is 181 Å². The number of anilines is 1. The van der Waals surface area contributed by atoms with Gasteiger partial charge in [-0.05, 0) is 35.9 Å². The number of amides is 1. The maximum Gasteiger partial charge on any atom is 0.387 e. The minimum absolute atomic E-state index is 0.0723. The highest BCUT2D eigenvalue weighted by molar-refractivity contribution is 7.99. The highest BCUT2D eigenvalue weighted by atomic mass is 32.2. The Balaban J connectivity index is 1.90. The first-order chi connectivity index (χ1) is 14.9. The van der Waals surface area contributed by atoms with Gasteiger partial charge in [0.25, 0.3) is 5.91 Å². The van der Waals surface area contributed by atoms with Gasteiger partial charge in [-0.2, -0.15) is 14.0 Å². The van der Waals surface area contributed by atoms with Crippen molar-refractivity contribution in [3.05, 3.63) is 54.1 Å². The molecule has 7 nitrogen and oxygen atoms in total. The third-order valence-electron chi connectivity index (χ3n) is 3.61. The van der Waals surface area contributed by atoms with E-state index in [1.54, 1.807) is 24.3 Å². The van der Waals surface area contributed by atoms with Crippen molar-refractivity contribution in [2.75, 3.05) is 24.8 Å². The lowest BCUT2D eigenvalue weighted by Crippen LogP contribution is -2.20. The van der Waals surface area contributed by atoms with Gasteiger partial charge in [-0.1, -0.05) is 18.2 Å². The molecule has 0 aliphatic carbocycles. The quantitative estimate of drug-likeness (QED) is 0.332. The average Bonchev–Trinajstić information content (AvgIpc) is 2.76. The van der Waals surface area contributed by atoms with Crippen LogP contribution in [0.4, 0.5) is 14.5 Å². The van der Waals surface area contributed by atoms with Crippen LogP contribution in [0.25, 0.3) is 6.08 Å². The lowest BCUT2D eigenvalue weighted by molar-refractivity contribution is -0.142. The second kappa shape index (κ2) is 12.2. The fraction of sp³-hybridized carbons (Fsp3) is 0.190. The fourth-order valence-corrected chi connectivity index (χ4v) is 2.99. The standard InChI is InChI=1S/C21H18F2N2O5S/c1-28-17-12-14(6-8-16(17)30-21(22)23)7-9-20(27)29-13-19(26)25-15-4-2-3-5-18(15)31-11-10-24/h2-9,12,21H,11,13H2,1H3,(H,25,26)/b9-7+.